The molecule has 2 atom stereocenters. The van der Waals surface area contributed by atoms with Crippen LogP contribution in [0.4, 0.5) is 0 Å². The van der Waals surface area contributed by atoms with Gasteiger partial charge in [-0.1, -0.05) is 12.5 Å². The molecule has 2 aromatic rings. The van der Waals surface area contributed by atoms with Crippen LogP contribution in [0.25, 0.3) is 0 Å². The molecule has 5 heteroatoms. The Morgan fingerprint density at radius 3 is 2.69 bits per heavy atom. The highest BCUT2D eigenvalue weighted by Gasteiger charge is 2.53. The molecule has 1 saturated heterocycles. The molecule has 1 aliphatic carbocycles. The SMILES string of the molecule is COC1(c2ccnc(CN)c2)C2CCCC1CN(Cc1cccnc1)C2. The van der Waals surface area contributed by atoms with Crippen molar-refractivity contribution in [2.24, 2.45) is 17.6 Å². The maximum absolute atomic E-state index is 6.32. The Morgan fingerprint density at radius 1 is 1.23 bits per heavy atom. The van der Waals surface area contributed by atoms with Crippen molar-refractivity contribution in [2.45, 2.75) is 38.0 Å². The Kier molecular flexibility index (Phi) is 5.02. The van der Waals surface area contributed by atoms with Crippen LogP contribution in [-0.2, 0) is 23.4 Å². The third kappa shape index (κ3) is 3.04. The molecule has 4 rings (SSSR count). The third-order valence-electron chi connectivity index (χ3n) is 6.22. The largest absolute Gasteiger partial charge is 0.373 e. The Bertz CT molecular complexity index is 722. The van der Waals surface area contributed by atoms with Crippen LogP contribution in [-0.4, -0.2) is 35.1 Å². The summed E-state index contributed by atoms with van der Waals surface area (Å²) in [5.74, 6) is 0.981. The second kappa shape index (κ2) is 7.43. The predicted octanol–water partition coefficient (Wildman–Crippen LogP) is 2.71. The second-order valence-corrected chi connectivity index (χ2v) is 7.62. The molecule has 2 aromatic heterocycles. The summed E-state index contributed by atoms with van der Waals surface area (Å²) in [5.41, 5.74) is 9.10. The minimum Gasteiger partial charge on any atom is -0.373 e. The zero-order valence-corrected chi connectivity index (χ0v) is 15.5. The average Bonchev–Trinajstić information content (AvgIpc) is 2.68. The second-order valence-electron chi connectivity index (χ2n) is 7.62. The van der Waals surface area contributed by atoms with Gasteiger partial charge < -0.3 is 10.5 Å². The van der Waals surface area contributed by atoms with E-state index in [-0.39, 0.29) is 5.60 Å². The van der Waals surface area contributed by atoms with Crippen molar-refractivity contribution >= 4 is 0 Å². The zero-order valence-electron chi connectivity index (χ0n) is 15.5. The van der Waals surface area contributed by atoms with Crippen LogP contribution in [0.2, 0.25) is 0 Å². The highest BCUT2D eigenvalue weighted by atomic mass is 16.5. The maximum Gasteiger partial charge on any atom is 0.101 e. The molecule has 1 aliphatic heterocycles. The summed E-state index contributed by atoms with van der Waals surface area (Å²) in [5, 5.41) is 0. The number of piperidine rings is 1. The minimum atomic E-state index is -0.212. The number of pyridine rings is 2. The monoisotopic (exact) mass is 352 g/mol. The van der Waals surface area contributed by atoms with Crippen molar-refractivity contribution in [2.75, 3.05) is 20.2 Å². The molecule has 2 aliphatic rings. The van der Waals surface area contributed by atoms with Gasteiger partial charge in [0.05, 0.1) is 5.69 Å². The average molecular weight is 352 g/mol. The fourth-order valence-corrected chi connectivity index (χ4v) is 5.16. The van der Waals surface area contributed by atoms with E-state index in [0.717, 1.165) is 25.3 Å². The summed E-state index contributed by atoms with van der Waals surface area (Å²) < 4.78 is 6.32. The molecule has 138 valence electrons. The number of nitrogens with zero attached hydrogens (tertiary/aromatic N) is 3. The molecule has 2 fully saturated rings. The van der Waals surface area contributed by atoms with Crippen LogP contribution >= 0.6 is 0 Å². The number of rotatable bonds is 5. The highest BCUT2D eigenvalue weighted by Crippen LogP contribution is 2.51. The first kappa shape index (κ1) is 17.6. The fourth-order valence-electron chi connectivity index (χ4n) is 5.16. The van der Waals surface area contributed by atoms with Crippen molar-refractivity contribution in [1.29, 1.82) is 0 Å². The van der Waals surface area contributed by atoms with Crippen molar-refractivity contribution in [3.8, 4) is 0 Å². The van der Waals surface area contributed by atoms with Gasteiger partial charge in [-0.05, 0) is 42.2 Å². The van der Waals surface area contributed by atoms with Gasteiger partial charge in [-0.3, -0.25) is 14.9 Å². The van der Waals surface area contributed by atoms with Crippen molar-refractivity contribution in [1.82, 2.24) is 14.9 Å². The van der Waals surface area contributed by atoms with Crippen molar-refractivity contribution in [3.05, 3.63) is 59.7 Å². The molecule has 0 spiro atoms. The number of methoxy groups -OCH3 is 1. The minimum absolute atomic E-state index is 0.212. The van der Waals surface area contributed by atoms with Gasteiger partial charge in [-0.2, -0.15) is 0 Å². The first-order chi connectivity index (χ1) is 12.8. The van der Waals surface area contributed by atoms with Gasteiger partial charge in [0.15, 0.2) is 0 Å². The summed E-state index contributed by atoms with van der Waals surface area (Å²) in [7, 11) is 1.88. The highest BCUT2D eigenvalue weighted by molar-refractivity contribution is 5.28. The lowest BCUT2D eigenvalue weighted by Gasteiger charge is -2.55. The first-order valence-electron chi connectivity index (χ1n) is 9.58. The zero-order chi connectivity index (χ0) is 18.0. The summed E-state index contributed by atoms with van der Waals surface area (Å²) in [4.78, 5) is 11.2. The Labute approximate surface area is 155 Å². The van der Waals surface area contributed by atoms with Crippen LogP contribution in [0, 0.1) is 11.8 Å². The number of nitrogens with two attached hydrogens (primary N) is 1. The van der Waals surface area contributed by atoms with Crippen LogP contribution in [0.1, 0.15) is 36.1 Å². The van der Waals surface area contributed by atoms with E-state index < -0.39 is 0 Å². The lowest BCUT2D eigenvalue weighted by molar-refractivity contribution is -0.170. The van der Waals surface area contributed by atoms with Gasteiger partial charge in [0.2, 0.25) is 0 Å². The van der Waals surface area contributed by atoms with E-state index in [1.807, 2.05) is 31.8 Å². The van der Waals surface area contributed by atoms with E-state index in [1.165, 1.54) is 30.4 Å². The Balaban J connectivity index is 1.63. The molecule has 5 nitrogen and oxygen atoms in total. The molecular formula is C21H28N4O. The molecule has 3 heterocycles. The maximum atomic E-state index is 6.32. The Morgan fingerprint density at radius 2 is 2.04 bits per heavy atom. The van der Waals surface area contributed by atoms with E-state index in [9.17, 15) is 0 Å². The number of hydrogen-bond donors (Lipinski definition) is 1. The van der Waals surface area contributed by atoms with E-state index >= 15 is 0 Å². The normalized spacial score (nSPS) is 28.8. The lowest BCUT2D eigenvalue weighted by Crippen LogP contribution is -2.58. The van der Waals surface area contributed by atoms with E-state index in [0.29, 0.717) is 18.4 Å². The molecule has 0 aromatic carbocycles. The number of hydrogen-bond acceptors (Lipinski definition) is 5. The first-order valence-corrected chi connectivity index (χ1v) is 9.58. The van der Waals surface area contributed by atoms with Crippen LogP contribution in [0.3, 0.4) is 0 Å². The smallest absolute Gasteiger partial charge is 0.101 e. The summed E-state index contributed by atoms with van der Waals surface area (Å²) in [6.07, 6.45) is 9.39. The van der Waals surface area contributed by atoms with Crippen molar-refractivity contribution in [3.63, 3.8) is 0 Å². The number of ether oxygens (including phenoxy) is 1. The summed E-state index contributed by atoms with van der Waals surface area (Å²) in [6.45, 7) is 3.54. The molecule has 1 saturated carbocycles. The van der Waals surface area contributed by atoms with E-state index in [1.54, 1.807) is 0 Å². The fraction of sp³-hybridized carbons (Fsp3) is 0.524. The van der Waals surface area contributed by atoms with Crippen LogP contribution < -0.4 is 5.73 Å². The molecule has 2 bridgehead atoms. The van der Waals surface area contributed by atoms with E-state index in [2.05, 4.69) is 33.1 Å². The van der Waals surface area contributed by atoms with E-state index in [4.69, 9.17) is 10.5 Å². The quantitative estimate of drug-likeness (QED) is 0.896. The molecule has 0 amide bonds. The standard InChI is InChI=1S/C21H28N4O/c1-26-21(17-7-9-24-20(10-17)11-22)18-5-2-6-19(21)15-25(14-18)13-16-4-3-8-23-12-16/h3-4,7-10,12,18-19H,2,5-6,11,13-15,22H2,1H3. The predicted molar refractivity (Wildman–Crippen MR) is 101 cm³/mol. The molecule has 0 radical (unpaired) electrons. The summed E-state index contributed by atoms with van der Waals surface area (Å²) >= 11 is 0. The van der Waals surface area contributed by atoms with Crippen LogP contribution in [0.15, 0.2) is 42.9 Å². The van der Waals surface area contributed by atoms with Gasteiger partial charge >= 0.3 is 0 Å². The van der Waals surface area contributed by atoms with Crippen LogP contribution in [0.5, 0.6) is 0 Å². The number of fused-ring (bicyclic) bond motifs is 2. The van der Waals surface area contributed by atoms with Gasteiger partial charge in [-0.15, -0.1) is 0 Å². The van der Waals surface area contributed by atoms with Gasteiger partial charge in [0.25, 0.3) is 0 Å². The molecule has 2 N–H and O–H groups in total. The van der Waals surface area contributed by atoms with Crippen molar-refractivity contribution < 1.29 is 4.74 Å². The number of likely N-dealkylation sites (tertiary alicyclic amines) is 1. The lowest BCUT2D eigenvalue weighted by atomic mass is 9.62. The molecule has 26 heavy (non-hydrogen) atoms. The number of aromatic nitrogens is 2. The molecule has 2 unspecified atom stereocenters. The van der Waals surface area contributed by atoms with Gasteiger partial charge in [-0.25, -0.2) is 0 Å². The molecular weight excluding hydrogens is 324 g/mol. The Hall–Kier alpha value is -1.82. The topological polar surface area (TPSA) is 64.3 Å². The van der Waals surface area contributed by atoms with Gasteiger partial charge in [0.1, 0.15) is 5.60 Å². The summed E-state index contributed by atoms with van der Waals surface area (Å²) in [6, 6.07) is 8.47. The third-order valence-corrected chi connectivity index (χ3v) is 6.22. The van der Waals surface area contributed by atoms with Gasteiger partial charge in [0, 0.05) is 63.7 Å².